The molecule has 0 radical (unpaired) electrons. The third-order valence-electron chi connectivity index (χ3n) is 4.22. The van der Waals surface area contributed by atoms with E-state index in [0.717, 1.165) is 32.1 Å². The molecule has 1 fully saturated rings. The van der Waals surface area contributed by atoms with Crippen molar-refractivity contribution in [1.29, 1.82) is 0 Å². The second-order valence-electron chi connectivity index (χ2n) is 6.29. The Morgan fingerprint density at radius 3 is 2.57 bits per heavy atom. The lowest BCUT2D eigenvalue weighted by molar-refractivity contribution is 0.0668. The molecule has 0 aliphatic heterocycles. The Morgan fingerprint density at radius 1 is 1.29 bits per heavy atom. The Bertz CT molecular complexity index is 493. The molecule has 0 saturated heterocycles. The zero-order valence-electron chi connectivity index (χ0n) is 12.9. The number of carbonyl (C=O) groups excluding carboxylic acids is 1. The third kappa shape index (κ3) is 3.69. The lowest BCUT2D eigenvalue weighted by Gasteiger charge is -2.30. The molecule has 0 aromatic heterocycles. The number of hydrogen-bond donors (Lipinski definition) is 2. The predicted octanol–water partition coefficient (Wildman–Crippen LogP) is 3.53. The van der Waals surface area contributed by atoms with Gasteiger partial charge in [-0.25, -0.2) is 0 Å². The number of benzene rings is 1. The van der Waals surface area contributed by atoms with E-state index in [-0.39, 0.29) is 29.0 Å². The van der Waals surface area contributed by atoms with E-state index in [0.29, 0.717) is 12.5 Å². The minimum Gasteiger partial charge on any atom is -0.504 e. The predicted molar refractivity (Wildman–Crippen MR) is 82.5 cm³/mol. The van der Waals surface area contributed by atoms with Crippen molar-refractivity contribution in [2.24, 2.45) is 5.92 Å². The van der Waals surface area contributed by atoms with Crippen LogP contribution in [0.25, 0.3) is 0 Å². The van der Waals surface area contributed by atoms with Gasteiger partial charge in [-0.15, -0.1) is 0 Å². The monoisotopic (exact) mass is 291 g/mol. The zero-order chi connectivity index (χ0) is 15.4. The van der Waals surface area contributed by atoms with Crippen LogP contribution in [-0.4, -0.2) is 33.6 Å². The fraction of sp³-hybridized carbons (Fsp3) is 0.588. The van der Waals surface area contributed by atoms with Gasteiger partial charge in [0.2, 0.25) is 0 Å². The highest BCUT2D eigenvalue weighted by Gasteiger charge is 2.29. The van der Waals surface area contributed by atoms with Gasteiger partial charge in [0.1, 0.15) is 0 Å². The third-order valence-corrected chi connectivity index (χ3v) is 4.22. The van der Waals surface area contributed by atoms with Crippen molar-refractivity contribution >= 4 is 5.91 Å². The Hall–Kier alpha value is -1.71. The largest absolute Gasteiger partial charge is 0.504 e. The molecule has 0 unspecified atom stereocenters. The topological polar surface area (TPSA) is 60.8 Å². The van der Waals surface area contributed by atoms with Gasteiger partial charge >= 0.3 is 0 Å². The van der Waals surface area contributed by atoms with E-state index in [1.807, 2.05) is 4.90 Å². The van der Waals surface area contributed by atoms with Crippen LogP contribution in [0.4, 0.5) is 0 Å². The Morgan fingerprint density at radius 2 is 1.95 bits per heavy atom. The van der Waals surface area contributed by atoms with E-state index in [1.54, 1.807) is 12.1 Å². The first-order valence-corrected chi connectivity index (χ1v) is 7.82. The van der Waals surface area contributed by atoms with E-state index in [1.165, 1.54) is 6.07 Å². The van der Waals surface area contributed by atoms with Gasteiger partial charge in [0, 0.05) is 12.6 Å². The molecule has 1 aliphatic rings. The smallest absolute Gasteiger partial charge is 0.258 e. The van der Waals surface area contributed by atoms with Gasteiger partial charge in [-0.3, -0.25) is 4.79 Å². The van der Waals surface area contributed by atoms with E-state index in [4.69, 9.17) is 0 Å². The maximum Gasteiger partial charge on any atom is 0.258 e. The molecule has 1 aromatic rings. The lowest BCUT2D eigenvalue weighted by atomic mass is 10.1. The summed E-state index contributed by atoms with van der Waals surface area (Å²) in [6.07, 6.45) is 5.32. The van der Waals surface area contributed by atoms with Gasteiger partial charge in [-0.2, -0.15) is 0 Å². The number of para-hydroxylation sites is 1. The molecule has 4 heteroatoms. The molecule has 1 aromatic carbocycles. The molecule has 0 heterocycles. The number of amides is 1. The summed E-state index contributed by atoms with van der Waals surface area (Å²) in [4.78, 5) is 14.7. The summed E-state index contributed by atoms with van der Waals surface area (Å²) < 4.78 is 0. The van der Waals surface area contributed by atoms with Gasteiger partial charge < -0.3 is 15.1 Å². The van der Waals surface area contributed by atoms with Crippen LogP contribution in [0.2, 0.25) is 0 Å². The fourth-order valence-electron chi connectivity index (χ4n) is 2.92. The van der Waals surface area contributed by atoms with Crippen molar-refractivity contribution in [2.75, 3.05) is 6.54 Å². The van der Waals surface area contributed by atoms with Crippen LogP contribution in [0.1, 0.15) is 56.3 Å². The highest BCUT2D eigenvalue weighted by Crippen LogP contribution is 2.32. The van der Waals surface area contributed by atoms with Crippen molar-refractivity contribution in [2.45, 2.75) is 52.0 Å². The summed E-state index contributed by atoms with van der Waals surface area (Å²) in [5.41, 5.74) is 0.200. The van der Waals surface area contributed by atoms with E-state index < -0.39 is 0 Å². The summed E-state index contributed by atoms with van der Waals surface area (Å²) >= 11 is 0. The molecule has 0 atom stereocenters. The van der Waals surface area contributed by atoms with Crippen molar-refractivity contribution in [3.63, 3.8) is 0 Å². The number of rotatable bonds is 5. The maximum atomic E-state index is 12.8. The van der Waals surface area contributed by atoms with Crippen molar-refractivity contribution in [3.05, 3.63) is 23.8 Å². The maximum absolute atomic E-state index is 12.8. The standard InChI is InChI=1S/C17H25NO3/c1-12(2)10-11-18(13-6-3-4-7-13)17(21)14-8-5-9-15(19)16(14)20/h5,8-9,12-13,19-20H,3-4,6-7,10-11H2,1-2H3. The molecule has 0 spiro atoms. The molecule has 116 valence electrons. The molecule has 1 aliphatic carbocycles. The average Bonchev–Trinajstić information content (AvgIpc) is 2.95. The number of phenols is 2. The molecule has 1 saturated carbocycles. The van der Waals surface area contributed by atoms with E-state index in [2.05, 4.69) is 13.8 Å². The molecular weight excluding hydrogens is 266 g/mol. The molecule has 0 bridgehead atoms. The Kier molecular flexibility index (Phi) is 5.10. The molecular formula is C17H25NO3. The summed E-state index contributed by atoms with van der Waals surface area (Å²) in [6.45, 7) is 4.99. The number of aromatic hydroxyl groups is 2. The first-order valence-electron chi connectivity index (χ1n) is 7.82. The van der Waals surface area contributed by atoms with E-state index >= 15 is 0 Å². The molecule has 21 heavy (non-hydrogen) atoms. The fourth-order valence-corrected chi connectivity index (χ4v) is 2.92. The Labute approximate surface area is 126 Å². The van der Waals surface area contributed by atoms with Gasteiger partial charge in [-0.05, 0) is 37.3 Å². The van der Waals surface area contributed by atoms with Gasteiger partial charge in [0.25, 0.3) is 5.91 Å². The number of carbonyl (C=O) groups is 1. The zero-order valence-corrected chi connectivity index (χ0v) is 12.9. The minimum absolute atomic E-state index is 0.170. The van der Waals surface area contributed by atoms with Gasteiger partial charge in [0.15, 0.2) is 11.5 Å². The van der Waals surface area contributed by atoms with Crippen LogP contribution in [-0.2, 0) is 0 Å². The Balaban J connectivity index is 2.22. The molecule has 1 amide bonds. The highest BCUT2D eigenvalue weighted by atomic mass is 16.3. The van der Waals surface area contributed by atoms with Crippen molar-refractivity contribution < 1.29 is 15.0 Å². The second-order valence-corrected chi connectivity index (χ2v) is 6.29. The average molecular weight is 291 g/mol. The minimum atomic E-state index is -0.310. The summed E-state index contributed by atoms with van der Waals surface area (Å²) in [7, 11) is 0. The van der Waals surface area contributed by atoms with Gasteiger partial charge in [0.05, 0.1) is 5.56 Å². The molecule has 2 rings (SSSR count). The number of hydrogen-bond acceptors (Lipinski definition) is 3. The summed E-state index contributed by atoms with van der Waals surface area (Å²) in [5.74, 6) is -0.193. The normalized spacial score (nSPS) is 15.6. The quantitative estimate of drug-likeness (QED) is 0.816. The molecule has 4 nitrogen and oxygen atoms in total. The van der Waals surface area contributed by atoms with Crippen LogP contribution < -0.4 is 0 Å². The highest BCUT2D eigenvalue weighted by molar-refractivity contribution is 5.97. The second kappa shape index (κ2) is 6.83. The van der Waals surface area contributed by atoms with E-state index in [9.17, 15) is 15.0 Å². The van der Waals surface area contributed by atoms with Crippen LogP contribution >= 0.6 is 0 Å². The summed E-state index contributed by atoms with van der Waals surface area (Å²) in [5, 5.41) is 19.5. The van der Waals surface area contributed by atoms with Gasteiger partial charge in [-0.1, -0.05) is 32.8 Å². The van der Waals surface area contributed by atoms with Crippen LogP contribution in [0.15, 0.2) is 18.2 Å². The van der Waals surface area contributed by atoms with Crippen molar-refractivity contribution in [3.8, 4) is 11.5 Å². The first kappa shape index (κ1) is 15.7. The SMILES string of the molecule is CC(C)CCN(C(=O)c1cccc(O)c1O)C1CCCC1. The number of phenolic OH excluding ortho intramolecular Hbond substituents is 2. The molecule has 2 N–H and O–H groups in total. The number of nitrogens with zero attached hydrogens (tertiary/aromatic N) is 1. The summed E-state index contributed by atoms with van der Waals surface area (Å²) in [6, 6.07) is 4.82. The lowest BCUT2D eigenvalue weighted by Crippen LogP contribution is -2.40. The first-order chi connectivity index (χ1) is 10.0. The van der Waals surface area contributed by atoms with Crippen molar-refractivity contribution in [1.82, 2.24) is 4.90 Å². The van der Waals surface area contributed by atoms with Crippen LogP contribution in [0.5, 0.6) is 11.5 Å². The van der Waals surface area contributed by atoms with Crippen LogP contribution in [0.3, 0.4) is 0 Å². The van der Waals surface area contributed by atoms with Crippen LogP contribution in [0, 0.1) is 5.92 Å².